The van der Waals surface area contributed by atoms with Gasteiger partial charge in [0.15, 0.2) is 0 Å². The molecule has 2 rings (SSSR count). The molecule has 1 aliphatic heterocycles. The molecule has 13 nitrogen and oxygen atoms in total. The van der Waals surface area contributed by atoms with Crippen LogP contribution >= 0.6 is 7.82 Å². The molecule has 1 aliphatic rings. The average Bonchev–Trinajstić information content (AvgIpc) is 3.34. The van der Waals surface area contributed by atoms with E-state index in [1.807, 2.05) is 0 Å². The lowest BCUT2D eigenvalue weighted by Crippen LogP contribution is -2.28. The normalized spacial score (nSPS) is 20.8. The zero-order valence-electron chi connectivity index (χ0n) is 24.8. The van der Waals surface area contributed by atoms with Crippen molar-refractivity contribution in [3.8, 4) is 0 Å². The molecule has 1 aromatic heterocycles. The minimum Gasteiger partial charge on any atom is -0.463 e. The predicted octanol–water partition coefficient (Wildman–Crippen LogP) is 3.99. The third-order valence-electron chi connectivity index (χ3n) is 7.14. The van der Waals surface area contributed by atoms with E-state index in [0.717, 1.165) is 23.8 Å². The number of aromatic nitrogens is 2. The number of rotatable bonds is 23. The molecule has 0 aliphatic carbocycles. The number of carbonyl (C=O) groups is 1. The Balaban J connectivity index is 1.55. The Bertz CT molecular complexity index is 1010. The predicted molar refractivity (Wildman–Crippen MR) is 156 cm³/mol. The molecule has 0 spiro atoms. The fraction of sp³-hybridized carbons (Fsp3) is 0.821. The number of nitrogens with zero attached hydrogens (tertiary/aromatic N) is 2. The van der Waals surface area contributed by atoms with Gasteiger partial charge in [-0.05, 0) is 12.5 Å². The van der Waals surface area contributed by atoms with Crippen LogP contribution in [0.2, 0.25) is 0 Å². The highest BCUT2D eigenvalue weighted by Crippen LogP contribution is 2.48. The van der Waals surface area contributed by atoms with E-state index in [1.165, 1.54) is 70.1 Å². The molecule has 1 aromatic rings. The Kier molecular flexibility index (Phi) is 17.4. The number of hydrogen-bond donors (Lipinski definition) is 4. The molecule has 1 unspecified atom stereocenters. The maximum Gasteiger partial charge on any atom is 0.472 e. The van der Waals surface area contributed by atoms with E-state index < -0.39 is 63.8 Å². The SMILES string of the molecule is CCCCCCCCCCCCCCCC(=O)OC[C@@H](O)COP(=O)(O)O[C@H]1C[C@H](n2ccc(N)nc2=O)O[C@@H]1CO. The van der Waals surface area contributed by atoms with Crippen LogP contribution in [0.15, 0.2) is 17.1 Å². The lowest BCUT2D eigenvalue weighted by atomic mass is 10.0. The number of ether oxygens (including phenoxy) is 2. The number of phosphoric ester groups is 1. The summed E-state index contributed by atoms with van der Waals surface area (Å²) in [5.74, 6) is -0.425. The minimum atomic E-state index is -4.69. The maximum absolute atomic E-state index is 12.4. The Morgan fingerprint density at radius 3 is 2.26 bits per heavy atom. The van der Waals surface area contributed by atoms with Gasteiger partial charge in [-0.3, -0.25) is 18.4 Å². The zero-order chi connectivity index (χ0) is 30.8. The maximum atomic E-state index is 12.4. The molecule has 0 radical (unpaired) electrons. The van der Waals surface area contributed by atoms with Crippen molar-refractivity contribution in [3.63, 3.8) is 0 Å². The number of esters is 1. The first kappa shape index (κ1) is 36.3. The van der Waals surface area contributed by atoms with Gasteiger partial charge in [0, 0.05) is 19.0 Å². The molecule has 1 saturated heterocycles. The second-order valence-electron chi connectivity index (χ2n) is 10.8. The second-order valence-corrected chi connectivity index (χ2v) is 12.2. The van der Waals surface area contributed by atoms with Crippen molar-refractivity contribution in [2.75, 3.05) is 25.6 Å². The van der Waals surface area contributed by atoms with Crippen molar-refractivity contribution in [3.05, 3.63) is 22.7 Å². The third kappa shape index (κ3) is 14.5. The van der Waals surface area contributed by atoms with Crippen LogP contribution in [0.5, 0.6) is 0 Å². The van der Waals surface area contributed by atoms with Crippen LogP contribution in [-0.4, -0.2) is 68.8 Å². The highest BCUT2D eigenvalue weighted by atomic mass is 31.2. The standard InChI is InChI=1S/C28H50N3O10P/c1-2-3-4-5-6-7-8-9-10-11-12-13-14-15-27(34)38-20-22(33)21-39-42(36,37)41-23-18-26(40-24(23)19-32)31-17-16-25(29)30-28(31)35/h16-17,22-24,26,32-33H,2-15,18-21H2,1H3,(H,36,37)(H2,29,30,35)/t22-,23+,24-,26-/m1/s1. The fourth-order valence-corrected chi connectivity index (χ4v) is 5.75. The monoisotopic (exact) mass is 619 g/mol. The highest BCUT2D eigenvalue weighted by molar-refractivity contribution is 7.47. The molecule has 0 amide bonds. The van der Waals surface area contributed by atoms with Crippen LogP contribution in [-0.2, 0) is 27.9 Å². The van der Waals surface area contributed by atoms with E-state index in [1.54, 1.807) is 0 Å². The first-order valence-corrected chi connectivity index (χ1v) is 16.7. The van der Waals surface area contributed by atoms with Gasteiger partial charge >= 0.3 is 19.5 Å². The summed E-state index contributed by atoms with van der Waals surface area (Å²) in [5.41, 5.74) is 4.80. The molecular weight excluding hydrogens is 569 g/mol. The van der Waals surface area contributed by atoms with Crippen molar-refractivity contribution < 1.29 is 43.0 Å². The zero-order valence-corrected chi connectivity index (χ0v) is 25.7. The van der Waals surface area contributed by atoms with Crippen molar-refractivity contribution in [1.29, 1.82) is 0 Å². The van der Waals surface area contributed by atoms with E-state index in [-0.39, 0.29) is 18.7 Å². The lowest BCUT2D eigenvalue weighted by molar-refractivity contribution is -0.147. The first-order valence-electron chi connectivity index (χ1n) is 15.3. The Hall–Kier alpha value is -1.86. The summed E-state index contributed by atoms with van der Waals surface area (Å²) in [4.78, 5) is 37.7. The molecule has 5 N–H and O–H groups in total. The third-order valence-corrected chi connectivity index (χ3v) is 8.15. The molecule has 0 bridgehead atoms. The van der Waals surface area contributed by atoms with E-state index >= 15 is 0 Å². The van der Waals surface area contributed by atoms with Crippen molar-refractivity contribution in [2.24, 2.45) is 0 Å². The number of unbranched alkanes of at least 4 members (excludes halogenated alkanes) is 12. The molecule has 42 heavy (non-hydrogen) atoms. The number of anilines is 1. The molecule has 14 heteroatoms. The van der Waals surface area contributed by atoms with Gasteiger partial charge < -0.3 is 30.3 Å². The van der Waals surface area contributed by atoms with Gasteiger partial charge in [-0.1, -0.05) is 84.0 Å². The molecule has 242 valence electrons. The molecular formula is C28H50N3O10P. The summed E-state index contributed by atoms with van der Waals surface area (Å²) in [6.07, 6.45) is 12.8. The average molecular weight is 620 g/mol. The summed E-state index contributed by atoms with van der Waals surface area (Å²) < 4.78 is 34.2. The number of carbonyl (C=O) groups excluding carboxylic acids is 1. The second kappa shape index (κ2) is 20.2. The quantitative estimate of drug-likeness (QED) is 0.0783. The van der Waals surface area contributed by atoms with E-state index in [9.17, 15) is 29.3 Å². The van der Waals surface area contributed by atoms with Gasteiger partial charge in [0.25, 0.3) is 0 Å². The van der Waals surface area contributed by atoms with Crippen LogP contribution in [0.25, 0.3) is 0 Å². The molecule has 0 saturated carbocycles. The fourth-order valence-electron chi connectivity index (χ4n) is 4.77. The lowest BCUT2D eigenvalue weighted by Gasteiger charge is -2.20. The van der Waals surface area contributed by atoms with Crippen LogP contribution in [0, 0.1) is 0 Å². The van der Waals surface area contributed by atoms with E-state index in [2.05, 4.69) is 11.9 Å². The summed E-state index contributed by atoms with van der Waals surface area (Å²) in [5, 5.41) is 19.6. The number of aliphatic hydroxyl groups is 2. The number of aliphatic hydroxyl groups excluding tert-OH is 2. The number of nitrogens with two attached hydrogens (primary N) is 1. The van der Waals surface area contributed by atoms with Crippen LogP contribution in [0.4, 0.5) is 5.82 Å². The van der Waals surface area contributed by atoms with Gasteiger partial charge in [-0.25, -0.2) is 9.36 Å². The highest BCUT2D eigenvalue weighted by Gasteiger charge is 2.41. The summed E-state index contributed by atoms with van der Waals surface area (Å²) in [7, 11) is -4.69. The van der Waals surface area contributed by atoms with Crippen molar-refractivity contribution in [1.82, 2.24) is 9.55 Å². The van der Waals surface area contributed by atoms with Gasteiger partial charge in [-0.2, -0.15) is 4.98 Å². The molecule has 0 aromatic carbocycles. The van der Waals surface area contributed by atoms with E-state index in [0.29, 0.717) is 6.42 Å². The number of hydrogen-bond acceptors (Lipinski definition) is 11. The smallest absolute Gasteiger partial charge is 0.463 e. The summed E-state index contributed by atoms with van der Waals surface area (Å²) in [6, 6.07) is 1.39. The van der Waals surface area contributed by atoms with Gasteiger partial charge in [0.1, 0.15) is 37.0 Å². The van der Waals surface area contributed by atoms with Crippen LogP contribution in [0.3, 0.4) is 0 Å². The van der Waals surface area contributed by atoms with Gasteiger partial charge in [-0.15, -0.1) is 0 Å². The summed E-state index contributed by atoms with van der Waals surface area (Å²) in [6.45, 7) is 0.672. The van der Waals surface area contributed by atoms with Gasteiger partial charge in [0.05, 0.1) is 13.2 Å². The minimum absolute atomic E-state index is 0.0258. The molecule has 5 atom stereocenters. The first-order chi connectivity index (χ1) is 20.1. The van der Waals surface area contributed by atoms with Gasteiger partial charge in [0.2, 0.25) is 0 Å². The molecule has 2 heterocycles. The summed E-state index contributed by atoms with van der Waals surface area (Å²) >= 11 is 0. The Morgan fingerprint density at radius 1 is 1.10 bits per heavy atom. The molecule has 1 fully saturated rings. The Labute approximate surface area is 248 Å². The topological polar surface area (TPSA) is 193 Å². The Morgan fingerprint density at radius 2 is 1.69 bits per heavy atom. The van der Waals surface area contributed by atoms with Crippen molar-refractivity contribution >= 4 is 19.6 Å². The van der Waals surface area contributed by atoms with Crippen molar-refractivity contribution in [2.45, 2.75) is 128 Å². The van der Waals surface area contributed by atoms with Crippen LogP contribution < -0.4 is 11.4 Å². The largest absolute Gasteiger partial charge is 0.472 e. The van der Waals surface area contributed by atoms with E-state index in [4.69, 9.17) is 24.3 Å². The number of phosphoric acid groups is 1. The number of nitrogen functional groups attached to an aromatic ring is 1. The van der Waals surface area contributed by atoms with Crippen LogP contribution in [0.1, 0.15) is 109 Å².